The maximum absolute atomic E-state index is 11.0. The topological polar surface area (TPSA) is 90.4 Å². The van der Waals surface area contributed by atoms with E-state index in [0.717, 1.165) is 16.5 Å². The maximum atomic E-state index is 11.0. The minimum Gasteiger partial charge on any atom is -0.481 e. The second-order valence-corrected chi connectivity index (χ2v) is 4.20. The zero-order chi connectivity index (χ0) is 13.1. The van der Waals surface area contributed by atoms with Crippen molar-refractivity contribution in [2.24, 2.45) is 5.92 Å². The Bertz CT molecular complexity index is 587. The molecular weight excluding hydrogens is 234 g/mol. The summed E-state index contributed by atoms with van der Waals surface area (Å²) in [6.07, 6.45) is 1.59. The molecule has 18 heavy (non-hydrogen) atoms. The lowest BCUT2D eigenvalue weighted by Crippen LogP contribution is -2.20. The highest BCUT2D eigenvalue weighted by Gasteiger charge is 2.22. The predicted octanol–water partition coefficient (Wildman–Crippen LogP) is 1.89. The number of H-pyrrole nitrogens is 1. The van der Waals surface area contributed by atoms with Gasteiger partial charge in [0.15, 0.2) is 0 Å². The summed E-state index contributed by atoms with van der Waals surface area (Å²) in [5.74, 6) is -3.08. The quantitative estimate of drug-likeness (QED) is 0.752. The molecule has 0 aliphatic heterocycles. The third-order valence-corrected chi connectivity index (χ3v) is 2.91. The molecule has 5 heteroatoms. The first-order chi connectivity index (χ1) is 8.58. The van der Waals surface area contributed by atoms with E-state index in [0.29, 0.717) is 0 Å². The van der Waals surface area contributed by atoms with Crippen LogP contribution < -0.4 is 0 Å². The van der Waals surface area contributed by atoms with Gasteiger partial charge in [0.1, 0.15) is 0 Å². The molecule has 0 bridgehead atoms. The molecule has 1 aromatic carbocycles. The lowest BCUT2D eigenvalue weighted by molar-refractivity contribution is -0.148. The molecule has 0 unspecified atom stereocenters. The molecule has 0 spiro atoms. The molecule has 3 N–H and O–H groups in total. The smallest absolute Gasteiger partial charge is 0.307 e. The molecule has 0 aliphatic carbocycles. The van der Waals surface area contributed by atoms with E-state index >= 15 is 0 Å². The molecule has 0 radical (unpaired) electrons. The fourth-order valence-electron chi connectivity index (χ4n) is 2.02. The summed E-state index contributed by atoms with van der Waals surface area (Å²) < 4.78 is 0. The Labute approximate surface area is 103 Å². The zero-order valence-corrected chi connectivity index (χ0v) is 9.59. The maximum Gasteiger partial charge on any atom is 0.307 e. The second kappa shape index (κ2) is 4.91. The first-order valence-corrected chi connectivity index (χ1v) is 5.57. The van der Waals surface area contributed by atoms with Gasteiger partial charge in [0.2, 0.25) is 0 Å². The van der Waals surface area contributed by atoms with Gasteiger partial charge in [-0.1, -0.05) is 18.2 Å². The van der Waals surface area contributed by atoms with Crippen LogP contribution >= 0.6 is 0 Å². The number of nitrogens with one attached hydrogen (secondary N) is 1. The van der Waals surface area contributed by atoms with Crippen molar-refractivity contribution in [1.82, 2.24) is 4.98 Å². The SMILES string of the molecule is O=C(O)C[C@H](Cc1c[nH]c2ccccc12)C(=O)O. The average molecular weight is 247 g/mol. The van der Waals surface area contributed by atoms with Crippen LogP contribution in [0, 0.1) is 5.92 Å². The molecule has 0 fully saturated rings. The van der Waals surface area contributed by atoms with E-state index in [9.17, 15) is 9.59 Å². The number of benzene rings is 1. The highest BCUT2D eigenvalue weighted by Crippen LogP contribution is 2.22. The van der Waals surface area contributed by atoms with Gasteiger partial charge in [-0.3, -0.25) is 9.59 Å². The number of carbonyl (C=O) groups is 2. The number of carboxylic acids is 2. The number of aromatic amines is 1. The van der Waals surface area contributed by atoms with E-state index in [-0.39, 0.29) is 12.8 Å². The Hall–Kier alpha value is -2.30. The number of hydrogen-bond acceptors (Lipinski definition) is 2. The number of aliphatic carboxylic acids is 2. The van der Waals surface area contributed by atoms with Crippen molar-refractivity contribution in [2.45, 2.75) is 12.8 Å². The average Bonchev–Trinajstić information content (AvgIpc) is 2.71. The van der Waals surface area contributed by atoms with Crippen LogP contribution in [0.25, 0.3) is 10.9 Å². The predicted molar refractivity (Wildman–Crippen MR) is 65.4 cm³/mol. The van der Waals surface area contributed by atoms with Crippen LogP contribution in [0.15, 0.2) is 30.5 Å². The van der Waals surface area contributed by atoms with Gasteiger partial charge < -0.3 is 15.2 Å². The summed E-state index contributed by atoms with van der Waals surface area (Å²) in [5, 5.41) is 18.7. The van der Waals surface area contributed by atoms with E-state index in [1.807, 2.05) is 24.3 Å². The van der Waals surface area contributed by atoms with E-state index in [2.05, 4.69) is 4.98 Å². The molecular formula is C13H13NO4. The van der Waals surface area contributed by atoms with E-state index in [1.165, 1.54) is 0 Å². The molecule has 2 rings (SSSR count). The van der Waals surface area contributed by atoms with Crippen LogP contribution in [-0.2, 0) is 16.0 Å². The normalized spacial score (nSPS) is 12.4. The van der Waals surface area contributed by atoms with Crippen LogP contribution in [0.2, 0.25) is 0 Å². The molecule has 94 valence electrons. The van der Waals surface area contributed by atoms with Gasteiger partial charge in [-0.15, -0.1) is 0 Å². The molecule has 0 amide bonds. The standard InChI is InChI=1S/C13H13NO4/c15-12(16)6-8(13(17)18)5-9-7-14-11-4-2-1-3-10(9)11/h1-4,7-8,14H,5-6H2,(H,15,16)(H,17,18)/t8-/m0/s1. The lowest BCUT2D eigenvalue weighted by Gasteiger charge is -2.08. The van der Waals surface area contributed by atoms with Crippen molar-refractivity contribution in [3.05, 3.63) is 36.0 Å². The molecule has 0 saturated carbocycles. The minimum atomic E-state index is -1.10. The Balaban J connectivity index is 2.26. The van der Waals surface area contributed by atoms with Gasteiger partial charge in [-0.2, -0.15) is 0 Å². The van der Waals surface area contributed by atoms with Gasteiger partial charge in [0.25, 0.3) is 0 Å². The summed E-state index contributed by atoms with van der Waals surface area (Å²) in [5.41, 5.74) is 1.76. The van der Waals surface area contributed by atoms with Crippen LogP contribution in [0.1, 0.15) is 12.0 Å². The largest absolute Gasteiger partial charge is 0.481 e. The van der Waals surface area contributed by atoms with Gasteiger partial charge in [-0.05, 0) is 18.1 Å². The third-order valence-electron chi connectivity index (χ3n) is 2.91. The van der Waals surface area contributed by atoms with Crippen LogP contribution in [-0.4, -0.2) is 27.1 Å². The first kappa shape index (κ1) is 12.2. The lowest BCUT2D eigenvalue weighted by atomic mass is 9.96. The van der Waals surface area contributed by atoms with Crippen molar-refractivity contribution in [1.29, 1.82) is 0 Å². The minimum absolute atomic E-state index is 0.214. The molecule has 1 atom stereocenters. The highest BCUT2D eigenvalue weighted by molar-refractivity contribution is 5.84. The summed E-state index contributed by atoms with van der Waals surface area (Å²) >= 11 is 0. The fraction of sp³-hybridized carbons (Fsp3) is 0.231. The fourth-order valence-corrected chi connectivity index (χ4v) is 2.02. The summed E-state index contributed by atoms with van der Waals surface area (Å²) in [4.78, 5) is 24.7. The molecule has 5 nitrogen and oxygen atoms in total. The Morgan fingerprint density at radius 2 is 1.94 bits per heavy atom. The number of aromatic nitrogens is 1. The molecule has 1 heterocycles. The van der Waals surface area contributed by atoms with Crippen molar-refractivity contribution >= 4 is 22.8 Å². The van der Waals surface area contributed by atoms with Gasteiger partial charge in [-0.25, -0.2) is 0 Å². The summed E-state index contributed by atoms with van der Waals surface area (Å²) in [6.45, 7) is 0. The van der Waals surface area contributed by atoms with Gasteiger partial charge in [0, 0.05) is 17.1 Å². The number of fused-ring (bicyclic) bond motifs is 1. The molecule has 2 aromatic rings. The molecule has 0 aliphatic rings. The number of rotatable bonds is 5. The molecule has 0 saturated heterocycles. The highest BCUT2D eigenvalue weighted by atomic mass is 16.4. The Morgan fingerprint density at radius 1 is 1.22 bits per heavy atom. The van der Waals surface area contributed by atoms with Crippen molar-refractivity contribution in [3.8, 4) is 0 Å². The molecule has 1 aromatic heterocycles. The summed E-state index contributed by atoms with van der Waals surface area (Å²) in [6, 6.07) is 7.54. The first-order valence-electron chi connectivity index (χ1n) is 5.57. The Morgan fingerprint density at radius 3 is 2.61 bits per heavy atom. The van der Waals surface area contributed by atoms with E-state index in [4.69, 9.17) is 10.2 Å². The van der Waals surface area contributed by atoms with Crippen LogP contribution in [0.3, 0.4) is 0 Å². The van der Waals surface area contributed by atoms with Crippen molar-refractivity contribution < 1.29 is 19.8 Å². The monoisotopic (exact) mass is 247 g/mol. The van der Waals surface area contributed by atoms with Crippen molar-refractivity contribution in [3.63, 3.8) is 0 Å². The summed E-state index contributed by atoms with van der Waals surface area (Å²) in [7, 11) is 0. The number of carboxylic acid groups (broad SMARTS) is 2. The van der Waals surface area contributed by atoms with Crippen LogP contribution in [0.4, 0.5) is 0 Å². The second-order valence-electron chi connectivity index (χ2n) is 4.20. The van der Waals surface area contributed by atoms with Crippen molar-refractivity contribution in [2.75, 3.05) is 0 Å². The number of para-hydroxylation sites is 1. The third kappa shape index (κ3) is 2.51. The van der Waals surface area contributed by atoms with Gasteiger partial charge >= 0.3 is 11.9 Å². The van der Waals surface area contributed by atoms with E-state index < -0.39 is 17.9 Å². The Kier molecular flexibility index (Phi) is 3.32. The van der Waals surface area contributed by atoms with Crippen LogP contribution in [0.5, 0.6) is 0 Å². The van der Waals surface area contributed by atoms with E-state index in [1.54, 1.807) is 6.20 Å². The zero-order valence-electron chi connectivity index (χ0n) is 9.59. The number of hydrogen-bond donors (Lipinski definition) is 3. The van der Waals surface area contributed by atoms with Gasteiger partial charge in [0.05, 0.1) is 12.3 Å².